The van der Waals surface area contributed by atoms with Crippen molar-refractivity contribution < 1.29 is 28.7 Å². The van der Waals surface area contributed by atoms with E-state index in [1.54, 1.807) is 0 Å². The smallest absolute Gasteiger partial charge is 0.249 e. The Labute approximate surface area is 165 Å². The second kappa shape index (κ2) is 11.6. The van der Waals surface area contributed by atoms with E-state index >= 15 is 0 Å². The average Bonchev–Trinajstić information content (AvgIpc) is 2.60. The Kier molecular flexibility index (Phi) is 9.88. The SMILES string of the molecule is COCC(=O)NC1CCN(C(=O)COC)C(C(=O)NC(CC(C)C)C(N)=O)C1. The maximum absolute atomic E-state index is 12.9. The minimum Gasteiger partial charge on any atom is -0.375 e. The van der Waals surface area contributed by atoms with Crippen molar-refractivity contribution in [1.82, 2.24) is 15.5 Å². The molecule has 1 aliphatic heterocycles. The molecule has 3 unspecified atom stereocenters. The van der Waals surface area contributed by atoms with Crippen LogP contribution in [-0.4, -0.2) is 80.6 Å². The molecule has 10 heteroatoms. The maximum Gasteiger partial charge on any atom is 0.249 e. The summed E-state index contributed by atoms with van der Waals surface area (Å²) in [5.74, 6) is -1.57. The van der Waals surface area contributed by atoms with Crippen molar-refractivity contribution in [2.45, 2.75) is 51.2 Å². The van der Waals surface area contributed by atoms with Gasteiger partial charge in [0, 0.05) is 26.8 Å². The number of primary amides is 1. The number of methoxy groups -OCH3 is 2. The molecule has 1 aliphatic rings. The molecule has 0 aromatic rings. The second-order valence-electron chi connectivity index (χ2n) is 7.35. The Hall–Kier alpha value is -2.20. The summed E-state index contributed by atoms with van der Waals surface area (Å²) in [6.07, 6.45) is 1.12. The Morgan fingerprint density at radius 2 is 1.79 bits per heavy atom. The number of carbonyl (C=O) groups excluding carboxylic acids is 4. The predicted molar refractivity (Wildman–Crippen MR) is 101 cm³/mol. The van der Waals surface area contributed by atoms with Gasteiger partial charge in [0.2, 0.25) is 23.6 Å². The fourth-order valence-corrected chi connectivity index (χ4v) is 3.24. The Balaban J connectivity index is 2.91. The van der Waals surface area contributed by atoms with Gasteiger partial charge in [-0.1, -0.05) is 13.8 Å². The Morgan fingerprint density at radius 3 is 2.32 bits per heavy atom. The van der Waals surface area contributed by atoms with Gasteiger partial charge in [-0.2, -0.15) is 0 Å². The zero-order chi connectivity index (χ0) is 21.3. The Bertz CT molecular complexity index is 568. The molecular formula is C18H32N4O6. The van der Waals surface area contributed by atoms with Crippen LogP contribution < -0.4 is 16.4 Å². The van der Waals surface area contributed by atoms with Crippen LogP contribution in [-0.2, 0) is 28.7 Å². The lowest BCUT2D eigenvalue weighted by Crippen LogP contribution is -2.60. The first-order valence-corrected chi connectivity index (χ1v) is 9.35. The molecule has 1 fully saturated rings. The number of nitrogens with two attached hydrogens (primary N) is 1. The van der Waals surface area contributed by atoms with E-state index in [1.807, 2.05) is 13.8 Å². The normalized spacial score (nSPS) is 20.5. The molecule has 28 heavy (non-hydrogen) atoms. The van der Waals surface area contributed by atoms with Crippen LogP contribution in [0.3, 0.4) is 0 Å². The van der Waals surface area contributed by atoms with E-state index in [1.165, 1.54) is 19.1 Å². The average molecular weight is 400 g/mol. The highest BCUT2D eigenvalue weighted by Gasteiger charge is 2.37. The molecule has 0 aromatic carbocycles. The predicted octanol–water partition coefficient (Wildman–Crippen LogP) is -1.23. The highest BCUT2D eigenvalue weighted by molar-refractivity contribution is 5.92. The highest BCUT2D eigenvalue weighted by atomic mass is 16.5. The van der Waals surface area contributed by atoms with Crippen molar-refractivity contribution in [2.75, 3.05) is 34.0 Å². The third kappa shape index (κ3) is 7.43. The fraction of sp³-hybridized carbons (Fsp3) is 0.778. The van der Waals surface area contributed by atoms with Crippen molar-refractivity contribution in [1.29, 1.82) is 0 Å². The zero-order valence-electron chi connectivity index (χ0n) is 17.0. The van der Waals surface area contributed by atoms with E-state index in [2.05, 4.69) is 10.6 Å². The van der Waals surface area contributed by atoms with E-state index in [9.17, 15) is 19.2 Å². The minimum absolute atomic E-state index is 0.0855. The number of rotatable bonds is 10. The number of nitrogens with one attached hydrogen (secondary N) is 2. The van der Waals surface area contributed by atoms with Gasteiger partial charge >= 0.3 is 0 Å². The fourth-order valence-electron chi connectivity index (χ4n) is 3.24. The lowest BCUT2D eigenvalue weighted by atomic mass is 9.95. The molecule has 160 valence electrons. The summed E-state index contributed by atoms with van der Waals surface area (Å²) in [7, 11) is 2.82. The van der Waals surface area contributed by atoms with Crippen molar-refractivity contribution >= 4 is 23.6 Å². The van der Waals surface area contributed by atoms with E-state index in [0.717, 1.165) is 0 Å². The summed E-state index contributed by atoms with van der Waals surface area (Å²) < 4.78 is 9.70. The van der Waals surface area contributed by atoms with Gasteiger partial charge in [-0.3, -0.25) is 19.2 Å². The van der Waals surface area contributed by atoms with Crippen LogP contribution in [0.1, 0.15) is 33.1 Å². The summed E-state index contributed by atoms with van der Waals surface area (Å²) in [5.41, 5.74) is 5.41. The van der Waals surface area contributed by atoms with Crippen LogP contribution in [0.5, 0.6) is 0 Å². The third-order valence-electron chi connectivity index (χ3n) is 4.50. The first-order chi connectivity index (χ1) is 13.2. The van der Waals surface area contributed by atoms with E-state index < -0.39 is 23.9 Å². The topological polar surface area (TPSA) is 140 Å². The number of ether oxygens (including phenoxy) is 2. The lowest BCUT2D eigenvalue weighted by Gasteiger charge is -2.39. The number of amides is 4. The van der Waals surface area contributed by atoms with Crippen molar-refractivity contribution in [3.05, 3.63) is 0 Å². The zero-order valence-corrected chi connectivity index (χ0v) is 17.0. The van der Waals surface area contributed by atoms with Gasteiger partial charge in [0.05, 0.1) is 0 Å². The quantitative estimate of drug-likeness (QED) is 0.419. The molecule has 0 aromatic heterocycles. The molecule has 3 atom stereocenters. The molecule has 0 bridgehead atoms. The molecule has 10 nitrogen and oxygen atoms in total. The van der Waals surface area contributed by atoms with Crippen LogP contribution >= 0.6 is 0 Å². The maximum atomic E-state index is 12.9. The third-order valence-corrected chi connectivity index (χ3v) is 4.50. The minimum atomic E-state index is -0.835. The summed E-state index contributed by atoms with van der Waals surface area (Å²) in [6.45, 7) is 3.87. The number of hydrogen-bond donors (Lipinski definition) is 3. The first kappa shape index (κ1) is 23.8. The van der Waals surface area contributed by atoms with Gasteiger partial charge in [0.25, 0.3) is 0 Å². The van der Waals surface area contributed by atoms with Crippen LogP contribution in [0.15, 0.2) is 0 Å². The summed E-state index contributed by atoms with van der Waals surface area (Å²) >= 11 is 0. The van der Waals surface area contributed by atoms with E-state index in [0.29, 0.717) is 12.8 Å². The molecule has 0 aliphatic carbocycles. The van der Waals surface area contributed by atoms with Gasteiger partial charge < -0.3 is 30.7 Å². The summed E-state index contributed by atoms with van der Waals surface area (Å²) in [5, 5.41) is 5.46. The molecule has 0 radical (unpaired) electrons. The summed E-state index contributed by atoms with van der Waals surface area (Å²) in [6, 6.07) is -1.95. The monoisotopic (exact) mass is 400 g/mol. The highest BCUT2D eigenvalue weighted by Crippen LogP contribution is 2.19. The molecule has 1 heterocycles. The molecule has 1 rings (SSSR count). The number of hydrogen-bond acceptors (Lipinski definition) is 6. The number of piperidine rings is 1. The Morgan fingerprint density at radius 1 is 1.14 bits per heavy atom. The second-order valence-corrected chi connectivity index (χ2v) is 7.35. The molecule has 1 saturated heterocycles. The molecule has 4 N–H and O–H groups in total. The molecule has 0 spiro atoms. The number of carbonyl (C=O) groups is 4. The molecule has 0 saturated carbocycles. The molecular weight excluding hydrogens is 368 g/mol. The lowest BCUT2D eigenvalue weighted by molar-refractivity contribution is -0.146. The van der Waals surface area contributed by atoms with Crippen LogP contribution in [0.25, 0.3) is 0 Å². The number of likely N-dealkylation sites (tertiary alicyclic amines) is 1. The van der Waals surface area contributed by atoms with Crippen molar-refractivity contribution in [3.8, 4) is 0 Å². The molecule has 4 amide bonds. The van der Waals surface area contributed by atoms with E-state index in [4.69, 9.17) is 15.2 Å². The van der Waals surface area contributed by atoms with Gasteiger partial charge in [-0.15, -0.1) is 0 Å². The van der Waals surface area contributed by atoms with Gasteiger partial charge in [0.1, 0.15) is 25.3 Å². The van der Waals surface area contributed by atoms with Crippen LogP contribution in [0.2, 0.25) is 0 Å². The van der Waals surface area contributed by atoms with Crippen LogP contribution in [0, 0.1) is 5.92 Å². The number of nitrogens with zero attached hydrogens (tertiary/aromatic N) is 1. The standard InChI is InChI=1S/C18H32N4O6/c1-11(2)7-13(17(19)25)21-18(26)14-8-12(20-15(23)9-27-3)5-6-22(14)16(24)10-28-4/h11-14H,5-10H2,1-4H3,(H2,19,25)(H,20,23)(H,21,26). The van der Waals surface area contributed by atoms with Gasteiger partial charge in [0.15, 0.2) is 0 Å². The van der Waals surface area contributed by atoms with E-state index in [-0.39, 0.29) is 50.0 Å². The summed E-state index contributed by atoms with van der Waals surface area (Å²) in [4.78, 5) is 50.1. The first-order valence-electron chi connectivity index (χ1n) is 9.35. The largest absolute Gasteiger partial charge is 0.375 e. The van der Waals surface area contributed by atoms with Gasteiger partial charge in [-0.05, 0) is 25.2 Å². The van der Waals surface area contributed by atoms with Gasteiger partial charge in [-0.25, -0.2) is 0 Å². The van der Waals surface area contributed by atoms with Crippen molar-refractivity contribution in [2.24, 2.45) is 11.7 Å². The van der Waals surface area contributed by atoms with Crippen molar-refractivity contribution in [3.63, 3.8) is 0 Å². The van der Waals surface area contributed by atoms with Crippen LogP contribution in [0.4, 0.5) is 0 Å².